The second-order valence-electron chi connectivity index (χ2n) is 7.64. The molecule has 32 heavy (non-hydrogen) atoms. The normalized spacial score (nSPS) is 10.5. The Balaban J connectivity index is 1.40. The predicted octanol–water partition coefficient (Wildman–Crippen LogP) is 5.23. The van der Waals surface area contributed by atoms with E-state index in [9.17, 15) is 4.79 Å². The van der Waals surface area contributed by atoms with Crippen LogP contribution in [-0.2, 0) is 4.79 Å². The third-order valence-electron chi connectivity index (χ3n) is 4.40. The third-order valence-corrected chi connectivity index (χ3v) is 4.40. The number of benzene rings is 3. The Morgan fingerprint density at radius 3 is 2.09 bits per heavy atom. The zero-order chi connectivity index (χ0) is 22.6. The Morgan fingerprint density at radius 2 is 1.41 bits per heavy atom. The maximum absolute atomic E-state index is 12.3. The van der Waals surface area contributed by atoms with Gasteiger partial charge in [0, 0.05) is 5.69 Å². The first kappa shape index (κ1) is 23.0. The van der Waals surface area contributed by atoms with Crippen molar-refractivity contribution in [3.8, 4) is 17.2 Å². The summed E-state index contributed by atoms with van der Waals surface area (Å²) in [6, 6.07) is 24.5. The molecule has 0 aliphatic rings. The summed E-state index contributed by atoms with van der Waals surface area (Å²) in [4.78, 5) is 12.3. The van der Waals surface area contributed by atoms with E-state index >= 15 is 0 Å². The fraction of sp³-hybridized carbons (Fsp3) is 0.269. The molecule has 6 heteroatoms. The molecule has 0 aliphatic heterocycles. The molecule has 1 amide bonds. The Bertz CT molecular complexity index is 959. The molecular formula is C26H30N2O4. The Labute approximate surface area is 189 Å². The molecule has 3 rings (SSSR count). The number of hydrogen-bond acceptors (Lipinski definition) is 5. The van der Waals surface area contributed by atoms with Gasteiger partial charge in [0.25, 0.3) is 0 Å². The van der Waals surface area contributed by atoms with Crippen LogP contribution in [0.3, 0.4) is 0 Å². The Hall–Kier alpha value is -3.67. The van der Waals surface area contributed by atoms with E-state index in [1.165, 1.54) is 0 Å². The number of nitrogens with one attached hydrogen (secondary N) is 2. The molecule has 3 aromatic carbocycles. The molecule has 0 fully saturated rings. The number of ether oxygens (including phenoxy) is 3. The first-order valence-electron chi connectivity index (χ1n) is 10.8. The van der Waals surface area contributed by atoms with Gasteiger partial charge in [-0.15, -0.1) is 0 Å². The highest BCUT2D eigenvalue weighted by atomic mass is 16.5. The standard InChI is InChI=1S/C26H30N2O4/c1-20(2)19-32-25-11-7-6-10-24(25)27-18-26(29)28-21-12-14-23(15-13-21)31-17-16-30-22-8-4-3-5-9-22/h3-15,20,27H,16-19H2,1-2H3,(H,28,29). The summed E-state index contributed by atoms with van der Waals surface area (Å²) >= 11 is 0. The van der Waals surface area contributed by atoms with Crippen LogP contribution in [0.4, 0.5) is 11.4 Å². The van der Waals surface area contributed by atoms with Crippen molar-refractivity contribution < 1.29 is 19.0 Å². The van der Waals surface area contributed by atoms with Gasteiger partial charge in [-0.05, 0) is 54.4 Å². The molecule has 168 valence electrons. The summed E-state index contributed by atoms with van der Waals surface area (Å²) in [5.74, 6) is 2.56. The Morgan fingerprint density at radius 1 is 0.781 bits per heavy atom. The van der Waals surface area contributed by atoms with Crippen molar-refractivity contribution in [1.82, 2.24) is 0 Å². The molecule has 0 saturated carbocycles. The quantitative estimate of drug-likeness (QED) is 0.382. The fourth-order valence-electron chi connectivity index (χ4n) is 2.85. The first-order chi connectivity index (χ1) is 15.6. The average Bonchev–Trinajstić information content (AvgIpc) is 2.81. The number of hydrogen-bond donors (Lipinski definition) is 2. The van der Waals surface area contributed by atoms with Crippen LogP contribution in [0, 0.1) is 5.92 Å². The molecule has 0 atom stereocenters. The predicted molar refractivity (Wildman–Crippen MR) is 128 cm³/mol. The Kier molecular flexibility index (Phi) is 8.80. The molecule has 3 aromatic rings. The highest BCUT2D eigenvalue weighted by molar-refractivity contribution is 5.94. The van der Waals surface area contributed by atoms with Crippen LogP contribution in [0.2, 0.25) is 0 Å². The minimum atomic E-state index is -0.145. The van der Waals surface area contributed by atoms with Crippen molar-refractivity contribution in [1.29, 1.82) is 0 Å². The second-order valence-corrected chi connectivity index (χ2v) is 7.64. The molecule has 0 saturated heterocycles. The summed E-state index contributed by atoms with van der Waals surface area (Å²) in [5, 5.41) is 6.02. The lowest BCUT2D eigenvalue weighted by atomic mass is 10.2. The molecule has 0 heterocycles. The van der Waals surface area contributed by atoms with Crippen molar-refractivity contribution in [2.75, 3.05) is 37.0 Å². The number of rotatable bonds is 12. The van der Waals surface area contributed by atoms with Gasteiger partial charge in [0.1, 0.15) is 30.5 Å². The van der Waals surface area contributed by atoms with E-state index in [2.05, 4.69) is 24.5 Å². The number of para-hydroxylation sites is 3. The fourth-order valence-corrected chi connectivity index (χ4v) is 2.85. The van der Waals surface area contributed by atoms with Crippen LogP contribution < -0.4 is 24.8 Å². The SMILES string of the molecule is CC(C)COc1ccccc1NCC(=O)Nc1ccc(OCCOc2ccccc2)cc1. The molecule has 2 N–H and O–H groups in total. The number of anilines is 2. The maximum atomic E-state index is 12.3. The van der Waals surface area contributed by atoms with Crippen LogP contribution in [0.25, 0.3) is 0 Å². The van der Waals surface area contributed by atoms with E-state index in [4.69, 9.17) is 14.2 Å². The van der Waals surface area contributed by atoms with Gasteiger partial charge in [-0.3, -0.25) is 4.79 Å². The van der Waals surface area contributed by atoms with Gasteiger partial charge in [0.2, 0.25) is 5.91 Å². The molecule has 0 aliphatic carbocycles. The largest absolute Gasteiger partial charge is 0.491 e. The van der Waals surface area contributed by atoms with Gasteiger partial charge in [-0.1, -0.05) is 44.2 Å². The number of carbonyl (C=O) groups is 1. The summed E-state index contributed by atoms with van der Waals surface area (Å²) in [5.41, 5.74) is 1.50. The van der Waals surface area contributed by atoms with Crippen LogP contribution in [0.5, 0.6) is 17.2 Å². The molecular weight excluding hydrogens is 404 g/mol. The molecule has 0 spiro atoms. The lowest BCUT2D eigenvalue weighted by Crippen LogP contribution is -2.22. The molecule has 0 unspecified atom stereocenters. The topological polar surface area (TPSA) is 68.8 Å². The lowest BCUT2D eigenvalue weighted by Gasteiger charge is -2.14. The zero-order valence-corrected chi connectivity index (χ0v) is 18.5. The molecule has 0 bridgehead atoms. The minimum Gasteiger partial charge on any atom is -0.491 e. The van der Waals surface area contributed by atoms with E-state index < -0.39 is 0 Å². The summed E-state index contributed by atoms with van der Waals surface area (Å²) in [6.45, 7) is 5.84. The maximum Gasteiger partial charge on any atom is 0.243 e. The van der Waals surface area contributed by atoms with Crippen LogP contribution in [0.15, 0.2) is 78.9 Å². The van der Waals surface area contributed by atoms with Crippen molar-refractivity contribution in [2.45, 2.75) is 13.8 Å². The zero-order valence-electron chi connectivity index (χ0n) is 18.5. The first-order valence-corrected chi connectivity index (χ1v) is 10.8. The van der Waals surface area contributed by atoms with Gasteiger partial charge in [-0.2, -0.15) is 0 Å². The average molecular weight is 435 g/mol. The second kappa shape index (κ2) is 12.2. The minimum absolute atomic E-state index is 0.136. The van der Waals surface area contributed by atoms with Crippen LogP contribution >= 0.6 is 0 Å². The van der Waals surface area contributed by atoms with Gasteiger partial charge < -0.3 is 24.8 Å². The van der Waals surface area contributed by atoms with E-state index in [1.54, 1.807) is 0 Å². The van der Waals surface area contributed by atoms with Gasteiger partial charge in [0.05, 0.1) is 18.8 Å². The summed E-state index contributed by atoms with van der Waals surface area (Å²) in [7, 11) is 0. The van der Waals surface area contributed by atoms with Crippen molar-refractivity contribution >= 4 is 17.3 Å². The summed E-state index contributed by atoms with van der Waals surface area (Å²) < 4.78 is 17.1. The number of carbonyl (C=O) groups excluding carboxylic acids is 1. The van der Waals surface area contributed by atoms with Crippen molar-refractivity contribution in [3.05, 3.63) is 78.9 Å². The van der Waals surface area contributed by atoms with Gasteiger partial charge >= 0.3 is 0 Å². The van der Waals surface area contributed by atoms with E-state index in [0.29, 0.717) is 37.2 Å². The molecule has 0 radical (unpaired) electrons. The number of amides is 1. The highest BCUT2D eigenvalue weighted by Crippen LogP contribution is 2.24. The van der Waals surface area contributed by atoms with Crippen molar-refractivity contribution in [2.24, 2.45) is 5.92 Å². The van der Waals surface area contributed by atoms with Gasteiger partial charge in [-0.25, -0.2) is 0 Å². The smallest absolute Gasteiger partial charge is 0.243 e. The third kappa shape index (κ3) is 7.87. The van der Waals surface area contributed by atoms with Crippen LogP contribution in [0.1, 0.15) is 13.8 Å². The van der Waals surface area contributed by atoms with Gasteiger partial charge in [0.15, 0.2) is 0 Å². The molecule has 6 nitrogen and oxygen atoms in total. The van der Waals surface area contributed by atoms with E-state index in [-0.39, 0.29) is 12.5 Å². The van der Waals surface area contributed by atoms with E-state index in [0.717, 1.165) is 17.2 Å². The monoisotopic (exact) mass is 434 g/mol. The van der Waals surface area contributed by atoms with Crippen LogP contribution in [-0.4, -0.2) is 32.3 Å². The van der Waals surface area contributed by atoms with Crippen molar-refractivity contribution in [3.63, 3.8) is 0 Å². The highest BCUT2D eigenvalue weighted by Gasteiger charge is 2.07. The molecule has 0 aromatic heterocycles. The van der Waals surface area contributed by atoms with E-state index in [1.807, 2.05) is 78.9 Å². The summed E-state index contributed by atoms with van der Waals surface area (Å²) in [6.07, 6.45) is 0. The lowest BCUT2D eigenvalue weighted by molar-refractivity contribution is -0.114.